The Bertz CT molecular complexity index is 620. The SMILES string of the molecule is COC(=O)/C=C\C(C#N)(C#N)N=Cc1ccc(OC)cc1. The molecule has 0 aliphatic carbocycles. The first-order valence-corrected chi connectivity index (χ1v) is 5.88. The van der Waals surface area contributed by atoms with Crippen LogP contribution in [0, 0.1) is 22.7 Å². The summed E-state index contributed by atoms with van der Waals surface area (Å²) in [5.74, 6) is 0.0223. The number of aliphatic imine (C=N–C) groups is 1. The lowest BCUT2D eigenvalue weighted by Crippen LogP contribution is -2.19. The van der Waals surface area contributed by atoms with Gasteiger partial charge in [0, 0.05) is 12.3 Å². The number of nitriles is 2. The topological polar surface area (TPSA) is 95.5 Å². The summed E-state index contributed by atoms with van der Waals surface area (Å²) >= 11 is 0. The molecular weight excluding hydrogens is 270 g/mol. The Morgan fingerprint density at radius 3 is 2.33 bits per heavy atom. The molecule has 6 nitrogen and oxygen atoms in total. The zero-order valence-corrected chi connectivity index (χ0v) is 11.6. The van der Waals surface area contributed by atoms with Gasteiger partial charge in [-0.25, -0.2) is 4.79 Å². The van der Waals surface area contributed by atoms with Crippen LogP contribution in [0.4, 0.5) is 0 Å². The molecule has 0 amide bonds. The van der Waals surface area contributed by atoms with Crippen LogP contribution in [0.1, 0.15) is 5.56 Å². The molecule has 0 spiro atoms. The fourth-order valence-electron chi connectivity index (χ4n) is 1.32. The number of carbonyl (C=O) groups is 1. The zero-order valence-electron chi connectivity index (χ0n) is 11.6. The molecule has 0 N–H and O–H groups in total. The standard InChI is InChI=1S/C15H13N3O3/c1-20-13-5-3-12(4-6-13)9-18-15(10-16,11-17)8-7-14(19)21-2/h3-9H,1-2H3/b8-7-,18-9?. The number of hydrogen-bond acceptors (Lipinski definition) is 6. The van der Waals surface area contributed by atoms with E-state index in [1.165, 1.54) is 13.3 Å². The van der Waals surface area contributed by atoms with Gasteiger partial charge in [-0.2, -0.15) is 10.5 Å². The lowest BCUT2D eigenvalue weighted by Gasteiger charge is -2.07. The summed E-state index contributed by atoms with van der Waals surface area (Å²) in [6.07, 6.45) is 3.48. The quantitative estimate of drug-likeness (QED) is 0.465. The number of methoxy groups -OCH3 is 2. The maximum atomic E-state index is 11.0. The first kappa shape index (κ1) is 15.9. The summed E-state index contributed by atoms with van der Waals surface area (Å²) in [6.45, 7) is 0. The van der Waals surface area contributed by atoms with Crippen molar-refractivity contribution in [3.05, 3.63) is 42.0 Å². The molecule has 0 unspecified atom stereocenters. The van der Waals surface area contributed by atoms with Crippen molar-refractivity contribution in [3.8, 4) is 17.9 Å². The zero-order chi connectivity index (χ0) is 15.7. The van der Waals surface area contributed by atoms with Crippen LogP contribution in [0.25, 0.3) is 0 Å². The number of esters is 1. The van der Waals surface area contributed by atoms with Crippen LogP contribution in [-0.4, -0.2) is 31.9 Å². The lowest BCUT2D eigenvalue weighted by molar-refractivity contribution is -0.134. The van der Waals surface area contributed by atoms with Gasteiger partial charge in [0.2, 0.25) is 0 Å². The van der Waals surface area contributed by atoms with Crippen LogP contribution in [-0.2, 0) is 9.53 Å². The van der Waals surface area contributed by atoms with Crippen molar-refractivity contribution in [2.24, 2.45) is 4.99 Å². The second kappa shape index (κ2) is 7.46. The number of hydrogen-bond donors (Lipinski definition) is 0. The highest BCUT2D eigenvalue weighted by atomic mass is 16.5. The molecule has 0 fully saturated rings. The summed E-state index contributed by atoms with van der Waals surface area (Å²) in [4.78, 5) is 15.0. The highest BCUT2D eigenvalue weighted by molar-refractivity contribution is 5.83. The molecular formula is C15H13N3O3. The highest BCUT2D eigenvalue weighted by Crippen LogP contribution is 2.13. The Morgan fingerprint density at radius 1 is 1.24 bits per heavy atom. The third kappa shape index (κ3) is 4.48. The van der Waals surface area contributed by atoms with E-state index in [-0.39, 0.29) is 0 Å². The van der Waals surface area contributed by atoms with Crippen LogP contribution < -0.4 is 4.74 Å². The molecule has 1 aromatic rings. The highest BCUT2D eigenvalue weighted by Gasteiger charge is 2.25. The predicted octanol–water partition coefficient (Wildman–Crippen LogP) is 1.63. The fraction of sp³-hybridized carbons (Fsp3) is 0.200. The monoisotopic (exact) mass is 283 g/mol. The first-order chi connectivity index (χ1) is 10.1. The third-order valence-electron chi connectivity index (χ3n) is 2.54. The maximum Gasteiger partial charge on any atom is 0.330 e. The van der Waals surface area contributed by atoms with Crippen molar-refractivity contribution in [2.45, 2.75) is 5.54 Å². The summed E-state index contributed by atoms with van der Waals surface area (Å²) in [5, 5.41) is 18.2. The molecule has 0 aromatic heterocycles. The van der Waals surface area contributed by atoms with Crippen LogP contribution in [0.2, 0.25) is 0 Å². The van der Waals surface area contributed by atoms with Crippen LogP contribution >= 0.6 is 0 Å². The minimum Gasteiger partial charge on any atom is -0.497 e. The van der Waals surface area contributed by atoms with E-state index in [9.17, 15) is 4.79 Å². The smallest absolute Gasteiger partial charge is 0.330 e. The van der Waals surface area contributed by atoms with E-state index in [0.717, 1.165) is 12.2 Å². The van der Waals surface area contributed by atoms with E-state index in [1.54, 1.807) is 43.5 Å². The molecule has 1 rings (SSSR count). The summed E-state index contributed by atoms with van der Waals surface area (Å²) < 4.78 is 9.44. The van der Waals surface area contributed by atoms with Gasteiger partial charge in [0.1, 0.15) is 17.9 Å². The molecule has 0 saturated heterocycles. The summed E-state index contributed by atoms with van der Waals surface area (Å²) in [6, 6.07) is 10.4. The van der Waals surface area contributed by atoms with Crippen molar-refractivity contribution >= 4 is 12.2 Å². The average molecular weight is 283 g/mol. The number of nitrogens with zero attached hydrogens (tertiary/aromatic N) is 3. The molecule has 0 radical (unpaired) electrons. The number of rotatable bonds is 5. The number of carbonyl (C=O) groups excluding carboxylic acids is 1. The molecule has 1 aromatic carbocycles. The van der Waals surface area contributed by atoms with E-state index >= 15 is 0 Å². The molecule has 0 heterocycles. The van der Waals surface area contributed by atoms with Gasteiger partial charge < -0.3 is 9.47 Å². The van der Waals surface area contributed by atoms with Crippen LogP contribution in [0.5, 0.6) is 5.75 Å². The van der Waals surface area contributed by atoms with Gasteiger partial charge in [0.15, 0.2) is 0 Å². The van der Waals surface area contributed by atoms with Crippen LogP contribution in [0.15, 0.2) is 41.4 Å². The van der Waals surface area contributed by atoms with Crippen LogP contribution in [0.3, 0.4) is 0 Å². The van der Waals surface area contributed by atoms with E-state index in [0.29, 0.717) is 11.3 Å². The van der Waals surface area contributed by atoms with Crippen molar-refractivity contribution in [1.82, 2.24) is 0 Å². The van der Waals surface area contributed by atoms with Crippen molar-refractivity contribution in [2.75, 3.05) is 14.2 Å². The van der Waals surface area contributed by atoms with E-state index in [1.807, 2.05) is 0 Å². The number of ether oxygens (including phenoxy) is 2. The molecule has 106 valence electrons. The van der Waals surface area contributed by atoms with Gasteiger partial charge in [-0.15, -0.1) is 0 Å². The minimum atomic E-state index is -1.77. The Kier molecular flexibility index (Phi) is 5.66. The van der Waals surface area contributed by atoms with Gasteiger partial charge in [-0.3, -0.25) is 4.99 Å². The van der Waals surface area contributed by atoms with Gasteiger partial charge in [0.25, 0.3) is 5.54 Å². The van der Waals surface area contributed by atoms with Gasteiger partial charge in [-0.1, -0.05) is 0 Å². The molecule has 21 heavy (non-hydrogen) atoms. The normalized spacial score (nSPS) is 11.0. The van der Waals surface area contributed by atoms with Gasteiger partial charge >= 0.3 is 5.97 Å². The summed E-state index contributed by atoms with van der Waals surface area (Å²) in [7, 11) is 2.75. The van der Waals surface area contributed by atoms with Crippen molar-refractivity contribution in [1.29, 1.82) is 10.5 Å². The molecule has 0 aliphatic rings. The summed E-state index contributed by atoms with van der Waals surface area (Å²) in [5.41, 5.74) is -1.08. The first-order valence-electron chi connectivity index (χ1n) is 5.88. The molecule has 0 saturated carbocycles. The van der Waals surface area contributed by atoms with Gasteiger partial charge in [-0.05, 0) is 35.9 Å². The average Bonchev–Trinajstić information content (AvgIpc) is 2.55. The Morgan fingerprint density at radius 2 is 1.86 bits per heavy atom. The Balaban J connectivity index is 2.99. The third-order valence-corrected chi connectivity index (χ3v) is 2.54. The molecule has 0 atom stereocenters. The molecule has 0 aliphatic heterocycles. The molecule has 0 bridgehead atoms. The van der Waals surface area contributed by atoms with Crippen molar-refractivity contribution < 1.29 is 14.3 Å². The maximum absolute atomic E-state index is 11.0. The van der Waals surface area contributed by atoms with E-state index < -0.39 is 11.5 Å². The van der Waals surface area contributed by atoms with Gasteiger partial charge in [0.05, 0.1) is 14.2 Å². The lowest BCUT2D eigenvalue weighted by atomic mass is 10.0. The predicted molar refractivity (Wildman–Crippen MR) is 75.7 cm³/mol. The molecule has 6 heteroatoms. The van der Waals surface area contributed by atoms with E-state index in [4.69, 9.17) is 15.3 Å². The van der Waals surface area contributed by atoms with E-state index in [2.05, 4.69) is 9.73 Å². The Labute approximate surface area is 122 Å². The largest absolute Gasteiger partial charge is 0.497 e. The number of benzene rings is 1. The minimum absolute atomic E-state index is 0.662. The Hall–Kier alpha value is -3.12. The second-order valence-electron chi connectivity index (χ2n) is 3.88. The fourth-order valence-corrected chi connectivity index (χ4v) is 1.32. The second-order valence-corrected chi connectivity index (χ2v) is 3.88. The van der Waals surface area contributed by atoms with Crippen molar-refractivity contribution in [3.63, 3.8) is 0 Å².